The van der Waals surface area contributed by atoms with Gasteiger partial charge in [-0.05, 0) is 40.5 Å². The molecule has 1 atom stereocenters. The summed E-state index contributed by atoms with van der Waals surface area (Å²) in [7, 11) is 0. The number of fused-ring (bicyclic) bond motifs is 1. The Labute approximate surface area is 123 Å². The molecule has 3 aromatic carbocycles. The lowest BCUT2D eigenvalue weighted by molar-refractivity contribution is 0.0777. The molecule has 2 heteroatoms. The van der Waals surface area contributed by atoms with E-state index in [1.54, 1.807) is 12.1 Å². The van der Waals surface area contributed by atoms with Crippen molar-refractivity contribution < 1.29 is 9.50 Å². The molecule has 0 amide bonds. The van der Waals surface area contributed by atoms with Crippen LogP contribution in [0.5, 0.6) is 0 Å². The maximum Gasteiger partial charge on any atom is 0.123 e. The molecular formula is C19H17FO. The van der Waals surface area contributed by atoms with Crippen LogP contribution in [0.2, 0.25) is 0 Å². The van der Waals surface area contributed by atoms with Crippen molar-refractivity contribution in [3.8, 4) is 0 Å². The van der Waals surface area contributed by atoms with Gasteiger partial charge in [0, 0.05) is 0 Å². The normalized spacial score (nSPS) is 14.0. The molecule has 0 aliphatic heterocycles. The number of benzene rings is 3. The number of hydrogen-bond acceptors (Lipinski definition) is 1. The summed E-state index contributed by atoms with van der Waals surface area (Å²) in [6, 6.07) is 20.0. The molecule has 0 heterocycles. The van der Waals surface area contributed by atoms with Crippen LogP contribution in [0.1, 0.15) is 24.5 Å². The SMILES string of the molecule is CCC(O)(c1cccc(F)c1)c1cccc2ccccc12. The summed E-state index contributed by atoms with van der Waals surface area (Å²) < 4.78 is 13.6. The van der Waals surface area contributed by atoms with Crippen LogP contribution in [0.3, 0.4) is 0 Å². The van der Waals surface area contributed by atoms with Crippen LogP contribution < -0.4 is 0 Å². The maximum atomic E-state index is 13.6. The second-order valence-electron chi connectivity index (χ2n) is 5.25. The van der Waals surface area contributed by atoms with Crippen LogP contribution in [-0.2, 0) is 5.60 Å². The van der Waals surface area contributed by atoms with Crippen LogP contribution in [0.25, 0.3) is 10.8 Å². The Morgan fingerprint density at radius 2 is 1.67 bits per heavy atom. The molecule has 106 valence electrons. The Bertz CT molecular complexity index is 776. The fourth-order valence-corrected chi connectivity index (χ4v) is 2.88. The molecule has 0 radical (unpaired) electrons. The molecule has 0 aliphatic rings. The molecule has 3 aromatic rings. The summed E-state index contributed by atoms with van der Waals surface area (Å²) in [5, 5.41) is 13.3. The van der Waals surface area contributed by atoms with Crippen LogP contribution in [0, 0.1) is 5.82 Å². The Morgan fingerprint density at radius 1 is 0.952 bits per heavy atom. The van der Waals surface area contributed by atoms with E-state index in [0.29, 0.717) is 12.0 Å². The van der Waals surface area contributed by atoms with Crippen molar-refractivity contribution in [1.82, 2.24) is 0 Å². The van der Waals surface area contributed by atoms with Crippen molar-refractivity contribution in [2.45, 2.75) is 18.9 Å². The van der Waals surface area contributed by atoms with Crippen molar-refractivity contribution in [3.63, 3.8) is 0 Å². The van der Waals surface area contributed by atoms with Gasteiger partial charge in [-0.3, -0.25) is 0 Å². The van der Waals surface area contributed by atoms with Crippen molar-refractivity contribution in [3.05, 3.63) is 83.7 Å². The molecule has 0 fully saturated rings. The highest BCUT2D eigenvalue weighted by Gasteiger charge is 2.31. The third kappa shape index (κ3) is 2.32. The molecular weight excluding hydrogens is 263 g/mol. The molecule has 1 nitrogen and oxygen atoms in total. The zero-order valence-corrected chi connectivity index (χ0v) is 11.9. The van der Waals surface area contributed by atoms with Crippen molar-refractivity contribution in [1.29, 1.82) is 0 Å². The van der Waals surface area contributed by atoms with E-state index in [4.69, 9.17) is 0 Å². The lowest BCUT2D eigenvalue weighted by atomic mass is 9.81. The van der Waals surface area contributed by atoms with Gasteiger partial charge in [0.05, 0.1) is 0 Å². The molecule has 1 N–H and O–H groups in total. The summed E-state index contributed by atoms with van der Waals surface area (Å²) >= 11 is 0. The van der Waals surface area contributed by atoms with E-state index in [9.17, 15) is 9.50 Å². The Morgan fingerprint density at radius 3 is 2.43 bits per heavy atom. The van der Waals surface area contributed by atoms with Crippen LogP contribution >= 0.6 is 0 Å². The highest BCUT2D eigenvalue weighted by Crippen LogP contribution is 2.37. The first-order valence-electron chi connectivity index (χ1n) is 7.12. The first-order valence-corrected chi connectivity index (χ1v) is 7.12. The number of rotatable bonds is 3. The van der Waals surface area contributed by atoms with Gasteiger partial charge in [-0.1, -0.05) is 61.5 Å². The van der Waals surface area contributed by atoms with Gasteiger partial charge < -0.3 is 5.11 Å². The quantitative estimate of drug-likeness (QED) is 0.742. The fraction of sp³-hybridized carbons (Fsp3) is 0.158. The second-order valence-corrected chi connectivity index (χ2v) is 5.25. The second kappa shape index (κ2) is 5.30. The molecule has 0 spiro atoms. The van der Waals surface area contributed by atoms with Gasteiger partial charge in [-0.15, -0.1) is 0 Å². The molecule has 0 aliphatic carbocycles. The minimum Gasteiger partial charge on any atom is -0.380 e. The smallest absolute Gasteiger partial charge is 0.123 e. The summed E-state index contributed by atoms with van der Waals surface area (Å²) in [6.45, 7) is 1.91. The van der Waals surface area contributed by atoms with Crippen molar-refractivity contribution >= 4 is 10.8 Å². The standard InChI is InChI=1S/C19H17FO/c1-2-19(21,15-9-6-10-16(20)13-15)18-12-5-8-14-7-3-4-11-17(14)18/h3-13,21H,2H2,1H3. The van der Waals surface area contributed by atoms with E-state index < -0.39 is 5.60 Å². The largest absolute Gasteiger partial charge is 0.380 e. The number of aliphatic hydroxyl groups is 1. The molecule has 1 unspecified atom stereocenters. The lowest BCUT2D eigenvalue weighted by Crippen LogP contribution is -2.26. The predicted molar refractivity (Wildman–Crippen MR) is 83.6 cm³/mol. The minimum atomic E-state index is -1.19. The zero-order valence-electron chi connectivity index (χ0n) is 11.9. The predicted octanol–water partition coefficient (Wildman–Crippen LogP) is 4.62. The molecule has 0 bridgehead atoms. The summed E-state index contributed by atoms with van der Waals surface area (Å²) in [5.74, 6) is -0.334. The van der Waals surface area contributed by atoms with Gasteiger partial charge in [-0.25, -0.2) is 4.39 Å². The highest BCUT2D eigenvalue weighted by molar-refractivity contribution is 5.86. The van der Waals surface area contributed by atoms with Gasteiger partial charge >= 0.3 is 0 Å². The Kier molecular flexibility index (Phi) is 3.48. The van der Waals surface area contributed by atoms with E-state index >= 15 is 0 Å². The summed E-state index contributed by atoms with van der Waals surface area (Å²) in [5.41, 5.74) is 0.207. The fourth-order valence-electron chi connectivity index (χ4n) is 2.88. The first-order chi connectivity index (χ1) is 10.1. The molecule has 21 heavy (non-hydrogen) atoms. The molecule has 0 aromatic heterocycles. The topological polar surface area (TPSA) is 20.2 Å². The van der Waals surface area contributed by atoms with E-state index in [-0.39, 0.29) is 5.82 Å². The molecule has 3 rings (SSSR count). The minimum absolute atomic E-state index is 0.334. The van der Waals surface area contributed by atoms with Crippen molar-refractivity contribution in [2.24, 2.45) is 0 Å². The monoisotopic (exact) mass is 280 g/mol. The van der Waals surface area contributed by atoms with Gasteiger partial charge in [-0.2, -0.15) is 0 Å². The van der Waals surface area contributed by atoms with Gasteiger partial charge in [0.25, 0.3) is 0 Å². The van der Waals surface area contributed by atoms with Crippen LogP contribution in [0.15, 0.2) is 66.7 Å². The number of hydrogen-bond donors (Lipinski definition) is 1. The summed E-state index contributed by atoms with van der Waals surface area (Å²) in [6.07, 6.45) is 0.477. The van der Waals surface area contributed by atoms with Gasteiger partial charge in [0.1, 0.15) is 11.4 Å². The van der Waals surface area contributed by atoms with Gasteiger partial charge in [0.15, 0.2) is 0 Å². The first kappa shape index (κ1) is 13.8. The average Bonchev–Trinajstić information content (AvgIpc) is 2.53. The average molecular weight is 280 g/mol. The van der Waals surface area contributed by atoms with E-state index in [0.717, 1.165) is 16.3 Å². The Balaban J connectivity index is 2.27. The third-order valence-electron chi connectivity index (χ3n) is 4.05. The molecule has 0 saturated carbocycles. The number of halogens is 1. The van der Waals surface area contributed by atoms with Crippen LogP contribution in [-0.4, -0.2) is 5.11 Å². The van der Waals surface area contributed by atoms with E-state index in [1.165, 1.54) is 12.1 Å². The highest BCUT2D eigenvalue weighted by atomic mass is 19.1. The van der Waals surface area contributed by atoms with Gasteiger partial charge in [0.2, 0.25) is 0 Å². The Hall–Kier alpha value is -2.19. The summed E-state index contributed by atoms with van der Waals surface area (Å²) in [4.78, 5) is 0. The molecule has 0 saturated heterocycles. The van der Waals surface area contributed by atoms with Crippen molar-refractivity contribution in [2.75, 3.05) is 0 Å². The maximum absolute atomic E-state index is 13.6. The van der Waals surface area contributed by atoms with E-state index in [2.05, 4.69) is 0 Å². The lowest BCUT2D eigenvalue weighted by Gasteiger charge is -2.29. The zero-order chi connectivity index (χ0) is 14.9. The van der Waals surface area contributed by atoms with E-state index in [1.807, 2.05) is 49.4 Å². The third-order valence-corrected chi connectivity index (χ3v) is 4.05. The van der Waals surface area contributed by atoms with Crippen LogP contribution in [0.4, 0.5) is 4.39 Å².